The molecule has 0 radical (unpaired) electrons. The zero-order valence-electron chi connectivity index (χ0n) is 12.7. The number of nitrogens with one attached hydrogen (secondary N) is 3. The van der Waals surface area contributed by atoms with Gasteiger partial charge in [0, 0.05) is 17.8 Å². The lowest BCUT2D eigenvalue weighted by atomic mass is 9.99. The minimum Gasteiger partial charge on any atom is -0.352 e. The molecule has 1 aliphatic rings. The van der Waals surface area contributed by atoms with Crippen molar-refractivity contribution in [2.75, 3.05) is 18.4 Å². The van der Waals surface area contributed by atoms with E-state index in [2.05, 4.69) is 16.0 Å². The lowest BCUT2D eigenvalue weighted by molar-refractivity contribution is -0.121. The number of anilines is 1. The largest absolute Gasteiger partial charge is 0.352 e. The molecule has 1 aliphatic heterocycles. The average Bonchev–Trinajstić information content (AvgIpc) is 2.93. The summed E-state index contributed by atoms with van der Waals surface area (Å²) in [4.78, 5) is 24.2. The molecule has 2 amide bonds. The molecular formula is C16H23N3O2. The molecule has 1 fully saturated rings. The molecule has 3 N–H and O–H groups in total. The Morgan fingerprint density at radius 1 is 1.38 bits per heavy atom. The maximum absolute atomic E-state index is 12.3. The van der Waals surface area contributed by atoms with Crippen LogP contribution < -0.4 is 16.0 Å². The second-order valence-corrected chi connectivity index (χ2v) is 5.65. The van der Waals surface area contributed by atoms with E-state index in [1.807, 2.05) is 13.8 Å². The van der Waals surface area contributed by atoms with Crippen molar-refractivity contribution < 1.29 is 9.59 Å². The van der Waals surface area contributed by atoms with Gasteiger partial charge in [-0.25, -0.2) is 0 Å². The Morgan fingerprint density at radius 3 is 2.86 bits per heavy atom. The summed E-state index contributed by atoms with van der Waals surface area (Å²) in [6, 6.07) is 7.03. The second-order valence-electron chi connectivity index (χ2n) is 5.65. The molecular weight excluding hydrogens is 266 g/mol. The Balaban J connectivity index is 2.04. The van der Waals surface area contributed by atoms with Crippen molar-refractivity contribution in [1.82, 2.24) is 10.6 Å². The highest BCUT2D eigenvalue weighted by atomic mass is 16.2. The summed E-state index contributed by atoms with van der Waals surface area (Å²) in [7, 11) is 0. The van der Waals surface area contributed by atoms with E-state index in [0.717, 1.165) is 25.8 Å². The molecule has 1 aromatic carbocycles. The van der Waals surface area contributed by atoms with E-state index in [9.17, 15) is 9.59 Å². The van der Waals surface area contributed by atoms with E-state index in [4.69, 9.17) is 0 Å². The molecule has 0 saturated carbocycles. The maximum atomic E-state index is 12.3. The first-order valence-electron chi connectivity index (χ1n) is 7.50. The van der Waals surface area contributed by atoms with Gasteiger partial charge in [-0.3, -0.25) is 9.59 Å². The van der Waals surface area contributed by atoms with Gasteiger partial charge in [0.25, 0.3) is 5.91 Å². The Labute approximate surface area is 125 Å². The van der Waals surface area contributed by atoms with Crippen molar-refractivity contribution in [2.24, 2.45) is 0 Å². The number of carbonyl (C=O) groups excluding carboxylic acids is 2. The molecule has 0 aliphatic carbocycles. The number of hydrogen-bond donors (Lipinski definition) is 3. The zero-order valence-corrected chi connectivity index (χ0v) is 12.7. The lowest BCUT2D eigenvalue weighted by Crippen LogP contribution is -2.47. The first-order chi connectivity index (χ1) is 10.0. The fraction of sp³-hybridized carbons (Fsp3) is 0.500. The van der Waals surface area contributed by atoms with E-state index in [1.165, 1.54) is 0 Å². The molecule has 2 rings (SSSR count). The normalized spacial score (nSPS) is 21.0. The summed E-state index contributed by atoms with van der Waals surface area (Å²) in [6.45, 7) is 5.43. The molecule has 1 heterocycles. The molecule has 0 bridgehead atoms. The van der Waals surface area contributed by atoms with Crippen LogP contribution in [0.4, 0.5) is 5.69 Å². The number of amides is 2. The Hall–Kier alpha value is -1.88. The molecule has 1 unspecified atom stereocenters. The van der Waals surface area contributed by atoms with Crippen molar-refractivity contribution in [3.63, 3.8) is 0 Å². The smallest absolute Gasteiger partial charge is 0.251 e. The number of rotatable bonds is 5. The Morgan fingerprint density at radius 2 is 2.19 bits per heavy atom. The summed E-state index contributed by atoms with van der Waals surface area (Å²) >= 11 is 0. The zero-order chi connectivity index (χ0) is 15.3. The number of carbonyl (C=O) groups is 2. The summed E-state index contributed by atoms with van der Waals surface area (Å²) in [5.41, 5.74) is 0.699. The van der Waals surface area contributed by atoms with Crippen molar-refractivity contribution in [3.05, 3.63) is 29.8 Å². The van der Waals surface area contributed by atoms with Crippen molar-refractivity contribution in [2.45, 2.75) is 38.6 Å². The van der Waals surface area contributed by atoms with E-state index < -0.39 is 5.54 Å². The Bertz CT molecular complexity index is 522. The topological polar surface area (TPSA) is 70.2 Å². The summed E-state index contributed by atoms with van der Waals surface area (Å²) in [5, 5.41) is 8.95. The van der Waals surface area contributed by atoms with Gasteiger partial charge in [-0.15, -0.1) is 0 Å². The highest BCUT2D eigenvalue weighted by molar-refractivity contribution is 6.00. The third kappa shape index (κ3) is 3.82. The highest BCUT2D eigenvalue weighted by Gasteiger charge is 2.35. The van der Waals surface area contributed by atoms with Crippen LogP contribution in [0.25, 0.3) is 0 Å². The molecule has 0 aromatic heterocycles. The standard InChI is InChI=1S/C16H23N3O2/c1-3-9-17-14(20)12-6-4-7-13(11-12)19-15(21)16(2)8-5-10-18-16/h4,6-7,11,18H,3,5,8-10H2,1-2H3,(H,17,20)(H,19,21). The van der Waals surface area contributed by atoms with Crippen molar-refractivity contribution >= 4 is 17.5 Å². The number of benzene rings is 1. The SMILES string of the molecule is CCCNC(=O)c1cccc(NC(=O)C2(C)CCCN2)c1. The van der Waals surface area contributed by atoms with Gasteiger partial charge in [0.05, 0.1) is 5.54 Å². The average molecular weight is 289 g/mol. The van der Waals surface area contributed by atoms with Crippen LogP contribution in [-0.4, -0.2) is 30.4 Å². The molecule has 0 spiro atoms. The first-order valence-corrected chi connectivity index (χ1v) is 7.50. The molecule has 1 atom stereocenters. The lowest BCUT2D eigenvalue weighted by Gasteiger charge is -2.23. The van der Waals surface area contributed by atoms with Crippen molar-refractivity contribution in [3.8, 4) is 0 Å². The van der Waals surface area contributed by atoms with Crippen LogP contribution in [0.1, 0.15) is 43.5 Å². The predicted octanol–water partition coefficient (Wildman–Crippen LogP) is 1.91. The molecule has 114 valence electrons. The molecule has 1 aromatic rings. The number of hydrogen-bond acceptors (Lipinski definition) is 3. The van der Waals surface area contributed by atoms with Gasteiger partial charge < -0.3 is 16.0 Å². The van der Waals surface area contributed by atoms with Gasteiger partial charge in [-0.1, -0.05) is 13.0 Å². The van der Waals surface area contributed by atoms with E-state index in [-0.39, 0.29) is 11.8 Å². The molecule has 5 heteroatoms. The van der Waals surface area contributed by atoms with Gasteiger partial charge in [-0.2, -0.15) is 0 Å². The van der Waals surface area contributed by atoms with Crippen LogP contribution in [0.3, 0.4) is 0 Å². The van der Waals surface area contributed by atoms with Crippen LogP contribution in [0.15, 0.2) is 24.3 Å². The second kappa shape index (κ2) is 6.72. The van der Waals surface area contributed by atoms with Gasteiger partial charge in [0.15, 0.2) is 0 Å². The highest BCUT2D eigenvalue weighted by Crippen LogP contribution is 2.21. The van der Waals surface area contributed by atoms with Crippen LogP contribution >= 0.6 is 0 Å². The van der Waals surface area contributed by atoms with Gasteiger partial charge in [0.1, 0.15) is 0 Å². The monoisotopic (exact) mass is 289 g/mol. The van der Waals surface area contributed by atoms with E-state index in [1.54, 1.807) is 24.3 Å². The Kier molecular flexibility index (Phi) is 4.96. The van der Waals surface area contributed by atoms with Gasteiger partial charge in [0.2, 0.25) is 5.91 Å². The van der Waals surface area contributed by atoms with Crippen LogP contribution in [0.5, 0.6) is 0 Å². The van der Waals surface area contributed by atoms with Crippen LogP contribution in [0.2, 0.25) is 0 Å². The van der Waals surface area contributed by atoms with Gasteiger partial charge >= 0.3 is 0 Å². The molecule has 5 nitrogen and oxygen atoms in total. The first kappa shape index (κ1) is 15.5. The summed E-state index contributed by atoms with van der Waals surface area (Å²) < 4.78 is 0. The summed E-state index contributed by atoms with van der Waals surface area (Å²) in [6.07, 6.45) is 2.73. The molecule has 1 saturated heterocycles. The fourth-order valence-corrected chi connectivity index (χ4v) is 2.44. The van der Waals surface area contributed by atoms with Crippen LogP contribution in [0, 0.1) is 0 Å². The third-order valence-corrected chi connectivity index (χ3v) is 3.79. The minimum absolute atomic E-state index is 0.0499. The summed E-state index contributed by atoms with van der Waals surface area (Å²) in [5.74, 6) is -0.163. The van der Waals surface area contributed by atoms with Crippen LogP contribution in [-0.2, 0) is 4.79 Å². The third-order valence-electron chi connectivity index (χ3n) is 3.79. The van der Waals surface area contributed by atoms with E-state index in [0.29, 0.717) is 17.8 Å². The fourth-order valence-electron chi connectivity index (χ4n) is 2.44. The predicted molar refractivity (Wildman–Crippen MR) is 83.3 cm³/mol. The maximum Gasteiger partial charge on any atom is 0.251 e. The van der Waals surface area contributed by atoms with Gasteiger partial charge in [-0.05, 0) is 50.9 Å². The quantitative estimate of drug-likeness (QED) is 0.775. The van der Waals surface area contributed by atoms with Crippen molar-refractivity contribution in [1.29, 1.82) is 0 Å². The van der Waals surface area contributed by atoms with E-state index >= 15 is 0 Å². The molecule has 21 heavy (non-hydrogen) atoms. The minimum atomic E-state index is -0.513.